The zero-order valence-electron chi connectivity index (χ0n) is 8.91. The van der Waals surface area contributed by atoms with E-state index in [-0.39, 0.29) is 6.29 Å². The normalized spacial score (nSPS) is 11.9. The molecule has 76 valence electrons. The molecule has 0 aromatic heterocycles. The second kappa shape index (κ2) is 4.70. The average molecular weight is 192 g/mol. The molecule has 0 N–H and O–H groups in total. The van der Waals surface area contributed by atoms with E-state index >= 15 is 0 Å². The molecule has 0 heterocycles. The fourth-order valence-electron chi connectivity index (χ4n) is 1.36. The molecule has 0 saturated heterocycles. The fourth-order valence-corrected chi connectivity index (χ4v) is 1.36. The lowest BCUT2D eigenvalue weighted by Gasteiger charge is -2.14. The van der Waals surface area contributed by atoms with Gasteiger partial charge in [-0.1, -0.05) is 12.6 Å². The molecule has 0 fully saturated rings. The molecule has 1 rings (SSSR count). The molecule has 1 unspecified atom stereocenters. The maximum Gasteiger partial charge on any atom is 0.237 e. The minimum absolute atomic E-state index is 0.298. The largest absolute Gasteiger partial charge is 0.463 e. The molecule has 1 aromatic carbocycles. The summed E-state index contributed by atoms with van der Waals surface area (Å²) in [6.45, 7) is 9.39. The monoisotopic (exact) mass is 192 g/mol. The van der Waals surface area contributed by atoms with Crippen LogP contribution < -0.4 is 4.74 Å². The van der Waals surface area contributed by atoms with Crippen LogP contribution in [0.4, 0.5) is 0 Å². The number of aryl methyl sites for hydroxylation is 2. The van der Waals surface area contributed by atoms with Gasteiger partial charge in [-0.25, -0.2) is 0 Å². The van der Waals surface area contributed by atoms with Gasteiger partial charge in [-0.15, -0.1) is 0 Å². The van der Waals surface area contributed by atoms with Crippen molar-refractivity contribution >= 4 is 0 Å². The summed E-state index contributed by atoms with van der Waals surface area (Å²) in [7, 11) is 0. The molecule has 0 spiro atoms. The van der Waals surface area contributed by atoms with Crippen molar-refractivity contribution in [3.63, 3.8) is 0 Å². The lowest BCUT2D eigenvalue weighted by Crippen LogP contribution is -2.13. The lowest BCUT2D eigenvalue weighted by molar-refractivity contribution is -0.0132. The number of benzene rings is 1. The molecule has 0 aliphatic carbocycles. The second-order valence-electron chi connectivity index (χ2n) is 3.31. The summed E-state index contributed by atoms with van der Waals surface area (Å²) in [6, 6.07) is 6.07. The quantitative estimate of drug-likeness (QED) is 0.538. The van der Waals surface area contributed by atoms with Gasteiger partial charge in [0.25, 0.3) is 0 Å². The van der Waals surface area contributed by atoms with E-state index in [0.29, 0.717) is 0 Å². The van der Waals surface area contributed by atoms with Gasteiger partial charge in [0, 0.05) is 6.92 Å². The molecule has 2 heteroatoms. The molecule has 0 radical (unpaired) electrons. The van der Waals surface area contributed by atoms with Crippen molar-refractivity contribution in [3.8, 4) is 5.75 Å². The van der Waals surface area contributed by atoms with E-state index in [9.17, 15) is 0 Å². The molecule has 1 aromatic rings. The Hall–Kier alpha value is -1.44. The third-order valence-corrected chi connectivity index (χ3v) is 1.79. The van der Waals surface area contributed by atoms with Crippen LogP contribution in [0.15, 0.2) is 31.0 Å². The topological polar surface area (TPSA) is 18.5 Å². The Morgan fingerprint density at radius 3 is 2.29 bits per heavy atom. The summed E-state index contributed by atoms with van der Waals surface area (Å²) in [6.07, 6.45) is 1.08. The Morgan fingerprint density at radius 1 is 1.21 bits per heavy atom. The SMILES string of the molecule is C=COC(C)Oc1cc(C)cc(C)c1. The Morgan fingerprint density at radius 2 is 1.79 bits per heavy atom. The molecule has 0 aliphatic heterocycles. The summed E-state index contributed by atoms with van der Waals surface area (Å²) in [5.41, 5.74) is 2.37. The van der Waals surface area contributed by atoms with Crippen LogP contribution in [-0.4, -0.2) is 6.29 Å². The van der Waals surface area contributed by atoms with E-state index < -0.39 is 0 Å². The third-order valence-electron chi connectivity index (χ3n) is 1.79. The summed E-state index contributed by atoms with van der Waals surface area (Å²) in [4.78, 5) is 0. The van der Waals surface area contributed by atoms with Crippen LogP contribution >= 0.6 is 0 Å². The highest BCUT2D eigenvalue weighted by Gasteiger charge is 2.02. The van der Waals surface area contributed by atoms with Crippen LogP contribution in [0.3, 0.4) is 0 Å². The van der Waals surface area contributed by atoms with Crippen molar-refractivity contribution in [2.75, 3.05) is 0 Å². The first kappa shape index (κ1) is 10.6. The third kappa shape index (κ3) is 3.13. The predicted molar refractivity (Wildman–Crippen MR) is 57.3 cm³/mol. The van der Waals surface area contributed by atoms with Crippen LogP contribution in [0.5, 0.6) is 5.75 Å². The highest BCUT2D eigenvalue weighted by molar-refractivity contribution is 5.33. The standard InChI is InChI=1S/C12H16O2/c1-5-13-11(4)14-12-7-9(2)6-10(3)8-12/h5-8,11H,1H2,2-4H3. The minimum atomic E-state index is -0.298. The zero-order chi connectivity index (χ0) is 10.6. The van der Waals surface area contributed by atoms with Crippen molar-refractivity contribution in [3.05, 3.63) is 42.2 Å². The summed E-state index contributed by atoms with van der Waals surface area (Å²) in [5.74, 6) is 0.830. The highest BCUT2D eigenvalue weighted by Crippen LogP contribution is 2.17. The van der Waals surface area contributed by atoms with E-state index in [4.69, 9.17) is 9.47 Å². The molecule has 0 saturated carbocycles. The van der Waals surface area contributed by atoms with E-state index in [1.165, 1.54) is 17.4 Å². The number of rotatable bonds is 4. The maximum atomic E-state index is 5.52. The van der Waals surface area contributed by atoms with Gasteiger partial charge in [0.1, 0.15) is 5.75 Å². The molecule has 2 nitrogen and oxygen atoms in total. The van der Waals surface area contributed by atoms with E-state index in [1.807, 2.05) is 32.9 Å². The van der Waals surface area contributed by atoms with E-state index in [2.05, 4.69) is 12.6 Å². The molecule has 0 bridgehead atoms. The van der Waals surface area contributed by atoms with Gasteiger partial charge in [0.15, 0.2) is 0 Å². The Kier molecular flexibility index (Phi) is 3.57. The number of hydrogen-bond acceptors (Lipinski definition) is 2. The Labute approximate surface area is 85.2 Å². The van der Waals surface area contributed by atoms with Gasteiger partial charge in [0.05, 0.1) is 6.26 Å². The van der Waals surface area contributed by atoms with Gasteiger partial charge < -0.3 is 9.47 Å². The number of hydrogen-bond donors (Lipinski definition) is 0. The Bertz CT molecular complexity index is 298. The zero-order valence-corrected chi connectivity index (χ0v) is 8.91. The summed E-state index contributed by atoms with van der Waals surface area (Å²) < 4.78 is 10.6. The first-order valence-corrected chi connectivity index (χ1v) is 4.63. The summed E-state index contributed by atoms with van der Waals surface area (Å²) >= 11 is 0. The first-order valence-electron chi connectivity index (χ1n) is 4.63. The highest BCUT2D eigenvalue weighted by atomic mass is 16.7. The van der Waals surface area contributed by atoms with Crippen LogP contribution in [0, 0.1) is 13.8 Å². The van der Waals surface area contributed by atoms with Crippen molar-refractivity contribution in [2.24, 2.45) is 0 Å². The lowest BCUT2D eigenvalue weighted by atomic mass is 10.1. The van der Waals surface area contributed by atoms with E-state index in [0.717, 1.165) is 5.75 Å². The molecular formula is C12H16O2. The Balaban J connectivity index is 2.71. The summed E-state index contributed by atoms with van der Waals surface area (Å²) in [5, 5.41) is 0. The number of ether oxygens (including phenoxy) is 2. The molecular weight excluding hydrogens is 176 g/mol. The van der Waals surface area contributed by atoms with Crippen LogP contribution in [0.1, 0.15) is 18.1 Å². The van der Waals surface area contributed by atoms with Gasteiger partial charge in [-0.2, -0.15) is 0 Å². The smallest absolute Gasteiger partial charge is 0.237 e. The molecule has 14 heavy (non-hydrogen) atoms. The minimum Gasteiger partial charge on any atom is -0.463 e. The van der Waals surface area contributed by atoms with Crippen LogP contribution in [0.25, 0.3) is 0 Å². The van der Waals surface area contributed by atoms with Crippen molar-refractivity contribution in [2.45, 2.75) is 27.1 Å². The predicted octanol–water partition coefficient (Wildman–Crippen LogP) is 3.19. The van der Waals surface area contributed by atoms with Crippen LogP contribution in [0.2, 0.25) is 0 Å². The van der Waals surface area contributed by atoms with Crippen molar-refractivity contribution < 1.29 is 9.47 Å². The van der Waals surface area contributed by atoms with Gasteiger partial charge in [0.2, 0.25) is 6.29 Å². The average Bonchev–Trinajstić information content (AvgIpc) is 2.01. The van der Waals surface area contributed by atoms with Crippen molar-refractivity contribution in [1.29, 1.82) is 0 Å². The molecule has 0 aliphatic rings. The first-order chi connectivity index (χ1) is 6.61. The van der Waals surface area contributed by atoms with Gasteiger partial charge in [-0.05, 0) is 37.1 Å². The second-order valence-corrected chi connectivity index (χ2v) is 3.31. The van der Waals surface area contributed by atoms with E-state index in [1.54, 1.807) is 0 Å². The van der Waals surface area contributed by atoms with Gasteiger partial charge in [-0.3, -0.25) is 0 Å². The van der Waals surface area contributed by atoms with Crippen LogP contribution in [-0.2, 0) is 4.74 Å². The molecule has 0 amide bonds. The molecule has 1 atom stereocenters. The fraction of sp³-hybridized carbons (Fsp3) is 0.333. The maximum absolute atomic E-state index is 5.52. The van der Waals surface area contributed by atoms with Crippen molar-refractivity contribution in [1.82, 2.24) is 0 Å². The van der Waals surface area contributed by atoms with Gasteiger partial charge >= 0.3 is 0 Å².